The zero-order chi connectivity index (χ0) is 14.3. The fraction of sp³-hybridized carbons (Fsp3) is 0.500. The lowest BCUT2D eigenvalue weighted by atomic mass is 10.2. The Labute approximate surface area is 114 Å². The number of anilines is 2. The van der Waals surface area contributed by atoms with Gasteiger partial charge in [0.25, 0.3) is 0 Å². The highest BCUT2D eigenvalue weighted by Gasteiger charge is 2.10. The van der Waals surface area contributed by atoms with Gasteiger partial charge in [-0.2, -0.15) is 0 Å². The van der Waals surface area contributed by atoms with Crippen LogP contribution in [0.25, 0.3) is 0 Å². The van der Waals surface area contributed by atoms with Crippen LogP contribution in [-0.4, -0.2) is 44.2 Å². The van der Waals surface area contributed by atoms with E-state index in [4.69, 9.17) is 10.5 Å². The number of benzene rings is 1. The number of rotatable bonds is 7. The first-order chi connectivity index (χ1) is 9.06. The summed E-state index contributed by atoms with van der Waals surface area (Å²) >= 11 is 0. The molecule has 0 aliphatic rings. The zero-order valence-electron chi connectivity index (χ0n) is 11.9. The first-order valence-corrected chi connectivity index (χ1v) is 6.44. The minimum atomic E-state index is -0.0355. The van der Waals surface area contributed by atoms with Gasteiger partial charge < -0.3 is 15.8 Å². The van der Waals surface area contributed by atoms with Gasteiger partial charge in [0.2, 0.25) is 5.91 Å². The van der Waals surface area contributed by atoms with Crippen LogP contribution in [0.1, 0.15) is 12.5 Å². The van der Waals surface area contributed by atoms with Crippen LogP contribution in [0.5, 0.6) is 0 Å². The number of likely N-dealkylation sites (N-methyl/N-ethyl adjacent to an activating group) is 1. The molecule has 3 N–H and O–H groups in total. The minimum absolute atomic E-state index is 0.0355. The first kappa shape index (κ1) is 15.5. The Morgan fingerprint density at radius 3 is 2.84 bits per heavy atom. The number of ether oxygens (including phenoxy) is 1. The van der Waals surface area contributed by atoms with Gasteiger partial charge in [-0.25, -0.2) is 0 Å². The fourth-order valence-corrected chi connectivity index (χ4v) is 1.74. The molecule has 0 bridgehead atoms. The van der Waals surface area contributed by atoms with Gasteiger partial charge in [0.05, 0.1) is 13.2 Å². The van der Waals surface area contributed by atoms with E-state index in [2.05, 4.69) is 5.32 Å². The standard InChI is InChI=1S/C14H23N3O2/c1-4-17(7-8-19-3)10-14(18)16-13-9-12(15)6-5-11(13)2/h5-6,9H,4,7-8,10,15H2,1-3H3,(H,16,18). The van der Waals surface area contributed by atoms with Crippen molar-refractivity contribution in [2.75, 3.05) is 44.4 Å². The van der Waals surface area contributed by atoms with E-state index in [1.165, 1.54) is 0 Å². The molecule has 0 saturated carbocycles. The molecule has 1 aromatic carbocycles. The number of hydrogen-bond acceptors (Lipinski definition) is 4. The molecule has 0 fully saturated rings. The molecule has 5 heteroatoms. The van der Waals surface area contributed by atoms with Crippen LogP contribution in [0.2, 0.25) is 0 Å². The minimum Gasteiger partial charge on any atom is -0.399 e. The van der Waals surface area contributed by atoms with Gasteiger partial charge in [0.1, 0.15) is 0 Å². The van der Waals surface area contributed by atoms with Crippen molar-refractivity contribution < 1.29 is 9.53 Å². The van der Waals surface area contributed by atoms with Gasteiger partial charge in [-0.3, -0.25) is 9.69 Å². The number of carbonyl (C=O) groups excluding carboxylic acids is 1. The number of amides is 1. The maximum absolute atomic E-state index is 12.0. The maximum atomic E-state index is 12.0. The normalized spacial score (nSPS) is 10.7. The van der Waals surface area contributed by atoms with E-state index in [1.54, 1.807) is 13.2 Å². The van der Waals surface area contributed by atoms with E-state index < -0.39 is 0 Å². The van der Waals surface area contributed by atoms with Crippen molar-refractivity contribution in [1.82, 2.24) is 4.90 Å². The molecule has 0 spiro atoms. The second-order valence-corrected chi connectivity index (χ2v) is 4.48. The van der Waals surface area contributed by atoms with Crippen molar-refractivity contribution in [3.05, 3.63) is 23.8 Å². The van der Waals surface area contributed by atoms with Crippen LogP contribution in [0, 0.1) is 6.92 Å². The Balaban J connectivity index is 2.56. The lowest BCUT2D eigenvalue weighted by Crippen LogP contribution is -2.35. The quantitative estimate of drug-likeness (QED) is 0.733. The van der Waals surface area contributed by atoms with E-state index in [0.29, 0.717) is 18.8 Å². The van der Waals surface area contributed by atoms with Crippen LogP contribution in [0.3, 0.4) is 0 Å². The average molecular weight is 265 g/mol. The Morgan fingerprint density at radius 1 is 1.47 bits per heavy atom. The van der Waals surface area contributed by atoms with Gasteiger partial charge in [-0.15, -0.1) is 0 Å². The van der Waals surface area contributed by atoms with E-state index >= 15 is 0 Å². The summed E-state index contributed by atoms with van der Waals surface area (Å²) in [5.41, 5.74) is 8.14. The summed E-state index contributed by atoms with van der Waals surface area (Å²) in [5.74, 6) is -0.0355. The first-order valence-electron chi connectivity index (χ1n) is 6.44. The Kier molecular flexibility index (Phi) is 6.32. The van der Waals surface area contributed by atoms with E-state index in [-0.39, 0.29) is 5.91 Å². The number of nitrogen functional groups attached to an aromatic ring is 1. The Hall–Kier alpha value is -1.59. The summed E-state index contributed by atoms with van der Waals surface area (Å²) in [7, 11) is 1.66. The topological polar surface area (TPSA) is 67.6 Å². The number of nitrogens with zero attached hydrogens (tertiary/aromatic N) is 1. The number of methoxy groups -OCH3 is 1. The molecule has 0 saturated heterocycles. The predicted octanol–water partition coefficient (Wildman–Crippen LogP) is 1.48. The summed E-state index contributed by atoms with van der Waals surface area (Å²) in [5, 5.41) is 2.89. The van der Waals surface area contributed by atoms with Crippen LogP contribution in [0.4, 0.5) is 11.4 Å². The van der Waals surface area contributed by atoms with Gasteiger partial charge in [-0.1, -0.05) is 13.0 Å². The number of nitrogens with two attached hydrogens (primary N) is 1. The van der Waals surface area contributed by atoms with Gasteiger partial charge >= 0.3 is 0 Å². The summed E-state index contributed by atoms with van der Waals surface area (Å²) in [4.78, 5) is 14.0. The van der Waals surface area contributed by atoms with Crippen molar-refractivity contribution in [1.29, 1.82) is 0 Å². The lowest BCUT2D eigenvalue weighted by molar-refractivity contribution is -0.117. The van der Waals surface area contributed by atoms with Crippen molar-refractivity contribution >= 4 is 17.3 Å². The highest BCUT2D eigenvalue weighted by atomic mass is 16.5. The molecular weight excluding hydrogens is 242 g/mol. The summed E-state index contributed by atoms with van der Waals surface area (Å²) in [6, 6.07) is 5.49. The third kappa shape index (κ3) is 5.28. The molecule has 5 nitrogen and oxygen atoms in total. The van der Waals surface area contributed by atoms with Gasteiger partial charge in [0, 0.05) is 25.0 Å². The Morgan fingerprint density at radius 2 is 2.21 bits per heavy atom. The van der Waals surface area contributed by atoms with Crippen molar-refractivity contribution in [2.24, 2.45) is 0 Å². The van der Waals surface area contributed by atoms with E-state index in [9.17, 15) is 4.79 Å². The summed E-state index contributed by atoms with van der Waals surface area (Å²) in [6.45, 7) is 6.50. The maximum Gasteiger partial charge on any atom is 0.238 e. The largest absolute Gasteiger partial charge is 0.399 e. The molecule has 0 aliphatic heterocycles. The second kappa shape index (κ2) is 7.76. The van der Waals surface area contributed by atoms with Crippen LogP contribution < -0.4 is 11.1 Å². The molecule has 0 aromatic heterocycles. The van der Waals surface area contributed by atoms with Crippen LogP contribution >= 0.6 is 0 Å². The van der Waals surface area contributed by atoms with E-state index in [1.807, 2.05) is 30.9 Å². The molecule has 1 aromatic rings. The average Bonchev–Trinajstić information content (AvgIpc) is 2.38. The van der Waals surface area contributed by atoms with Crippen molar-refractivity contribution in [2.45, 2.75) is 13.8 Å². The van der Waals surface area contributed by atoms with Gasteiger partial charge in [-0.05, 0) is 31.2 Å². The molecule has 19 heavy (non-hydrogen) atoms. The highest BCUT2D eigenvalue weighted by molar-refractivity contribution is 5.93. The number of hydrogen-bond donors (Lipinski definition) is 2. The van der Waals surface area contributed by atoms with Gasteiger partial charge in [0.15, 0.2) is 0 Å². The lowest BCUT2D eigenvalue weighted by Gasteiger charge is -2.19. The number of carbonyl (C=O) groups is 1. The number of aryl methyl sites for hydroxylation is 1. The molecule has 0 unspecified atom stereocenters. The van der Waals surface area contributed by atoms with Crippen LogP contribution in [0.15, 0.2) is 18.2 Å². The van der Waals surface area contributed by atoms with E-state index in [0.717, 1.165) is 24.3 Å². The monoisotopic (exact) mass is 265 g/mol. The number of nitrogens with one attached hydrogen (secondary N) is 1. The molecule has 1 rings (SSSR count). The molecule has 0 atom stereocenters. The Bertz CT molecular complexity index is 421. The molecule has 106 valence electrons. The zero-order valence-corrected chi connectivity index (χ0v) is 11.9. The fourth-order valence-electron chi connectivity index (χ4n) is 1.74. The van der Waals surface area contributed by atoms with Crippen molar-refractivity contribution in [3.63, 3.8) is 0 Å². The summed E-state index contributed by atoms with van der Waals surface area (Å²) in [6.07, 6.45) is 0. The molecule has 1 amide bonds. The molecular formula is C14H23N3O2. The third-order valence-corrected chi connectivity index (χ3v) is 2.96. The molecule has 0 aliphatic carbocycles. The highest BCUT2D eigenvalue weighted by Crippen LogP contribution is 2.17. The second-order valence-electron chi connectivity index (χ2n) is 4.48. The van der Waals surface area contributed by atoms with Crippen LogP contribution in [-0.2, 0) is 9.53 Å². The molecule has 0 heterocycles. The smallest absolute Gasteiger partial charge is 0.238 e. The third-order valence-electron chi connectivity index (χ3n) is 2.96. The molecule has 0 radical (unpaired) electrons. The predicted molar refractivity (Wildman–Crippen MR) is 78.2 cm³/mol. The SMILES string of the molecule is CCN(CCOC)CC(=O)Nc1cc(N)ccc1C. The summed E-state index contributed by atoms with van der Waals surface area (Å²) < 4.78 is 5.02. The van der Waals surface area contributed by atoms with Crippen molar-refractivity contribution in [3.8, 4) is 0 Å².